The van der Waals surface area contributed by atoms with Crippen LogP contribution >= 0.6 is 0 Å². The Hall–Kier alpha value is -1.62. The van der Waals surface area contributed by atoms with Crippen LogP contribution in [0.3, 0.4) is 0 Å². The molecule has 17 heavy (non-hydrogen) atoms. The van der Waals surface area contributed by atoms with E-state index in [1.54, 1.807) is 6.07 Å². The molecule has 2 rings (SSSR count). The first kappa shape index (κ1) is 11.9. The van der Waals surface area contributed by atoms with Gasteiger partial charge in [-0.05, 0) is 12.1 Å². The maximum atomic E-state index is 13.8. The second-order valence-corrected chi connectivity index (χ2v) is 4.05. The van der Waals surface area contributed by atoms with Gasteiger partial charge in [-0.3, -0.25) is 4.79 Å². The van der Waals surface area contributed by atoms with Gasteiger partial charge in [0.2, 0.25) is 5.91 Å². The molecule has 1 aliphatic rings. The Kier molecular flexibility index (Phi) is 3.28. The van der Waals surface area contributed by atoms with Crippen LogP contribution in [0.1, 0.15) is 6.42 Å². The fraction of sp³-hybridized carbons (Fsp3) is 0.417. The predicted molar refractivity (Wildman–Crippen MR) is 60.5 cm³/mol. The number of carbonyl (C=O) groups excluding carboxylic acids is 1. The van der Waals surface area contributed by atoms with Gasteiger partial charge in [0.1, 0.15) is 11.4 Å². The van der Waals surface area contributed by atoms with Gasteiger partial charge in [-0.25, -0.2) is 4.39 Å². The number of aliphatic hydroxyl groups excluding tert-OH is 1. The molecule has 0 bridgehead atoms. The number of aliphatic hydroxyl groups is 1. The summed E-state index contributed by atoms with van der Waals surface area (Å²) in [5, 5.41) is 9.04. The lowest BCUT2D eigenvalue weighted by Gasteiger charge is -2.19. The summed E-state index contributed by atoms with van der Waals surface area (Å²) in [5.74, 6) is -0.479. The molecule has 0 radical (unpaired) electrons. The first-order valence-electron chi connectivity index (χ1n) is 5.41. The second-order valence-electron chi connectivity index (χ2n) is 4.05. The normalized spacial score (nSPS) is 19.8. The van der Waals surface area contributed by atoms with Crippen LogP contribution in [0.25, 0.3) is 0 Å². The Bertz CT molecular complexity index is 436. The molecule has 1 aliphatic heterocycles. The number of carbonyl (C=O) groups is 1. The van der Waals surface area contributed by atoms with Crippen LogP contribution in [0.15, 0.2) is 18.2 Å². The smallest absolute Gasteiger partial charge is 0.227 e. The molecule has 0 saturated carbocycles. The highest BCUT2D eigenvalue weighted by Crippen LogP contribution is 2.35. The number of rotatable bonds is 3. The quantitative estimate of drug-likeness (QED) is 0.861. The Morgan fingerprint density at radius 2 is 2.35 bits per heavy atom. The van der Waals surface area contributed by atoms with E-state index in [4.69, 9.17) is 9.84 Å². The topological polar surface area (TPSA) is 49.8 Å². The van der Waals surface area contributed by atoms with E-state index in [0.29, 0.717) is 12.3 Å². The molecule has 1 aromatic carbocycles. The van der Waals surface area contributed by atoms with Crippen LogP contribution in [0, 0.1) is 11.7 Å². The van der Waals surface area contributed by atoms with Gasteiger partial charge in [0.05, 0.1) is 7.11 Å². The number of halogens is 1. The molecule has 1 aromatic rings. The van der Waals surface area contributed by atoms with Crippen molar-refractivity contribution in [1.29, 1.82) is 0 Å². The van der Waals surface area contributed by atoms with Crippen LogP contribution in [0.5, 0.6) is 5.75 Å². The first-order chi connectivity index (χ1) is 8.17. The molecule has 0 aliphatic carbocycles. The Morgan fingerprint density at radius 3 is 2.94 bits per heavy atom. The summed E-state index contributed by atoms with van der Waals surface area (Å²) in [7, 11) is 1.43. The van der Waals surface area contributed by atoms with E-state index >= 15 is 0 Å². The molecule has 1 amide bonds. The van der Waals surface area contributed by atoms with Crippen LogP contribution < -0.4 is 9.64 Å². The Labute approximate surface area is 98.6 Å². The van der Waals surface area contributed by atoms with Crippen LogP contribution in [-0.4, -0.2) is 31.3 Å². The minimum atomic E-state index is -0.490. The van der Waals surface area contributed by atoms with Gasteiger partial charge in [-0.15, -0.1) is 0 Å². The van der Waals surface area contributed by atoms with Gasteiger partial charge in [0.25, 0.3) is 0 Å². The number of ether oxygens (including phenoxy) is 1. The molecule has 1 N–H and O–H groups in total. The largest absolute Gasteiger partial charge is 0.494 e. The molecule has 1 atom stereocenters. The first-order valence-corrected chi connectivity index (χ1v) is 5.41. The number of benzene rings is 1. The minimum absolute atomic E-state index is 0.0704. The summed E-state index contributed by atoms with van der Waals surface area (Å²) in [4.78, 5) is 13.1. The molecule has 1 unspecified atom stereocenters. The number of anilines is 1. The number of methoxy groups -OCH3 is 1. The monoisotopic (exact) mass is 239 g/mol. The molecule has 4 nitrogen and oxygen atoms in total. The molecule has 1 saturated heterocycles. The zero-order valence-electron chi connectivity index (χ0n) is 9.52. The van der Waals surface area contributed by atoms with E-state index in [-0.39, 0.29) is 30.5 Å². The molecule has 0 aromatic heterocycles. The number of nitrogens with zero attached hydrogens (tertiary/aromatic N) is 1. The van der Waals surface area contributed by atoms with Crippen LogP contribution in [0.2, 0.25) is 0 Å². The van der Waals surface area contributed by atoms with Gasteiger partial charge in [-0.2, -0.15) is 0 Å². The molecule has 0 spiro atoms. The van der Waals surface area contributed by atoms with Crippen molar-refractivity contribution in [3.8, 4) is 5.75 Å². The third-order valence-electron chi connectivity index (χ3n) is 2.90. The summed E-state index contributed by atoms with van der Waals surface area (Å²) >= 11 is 0. The lowest BCUT2D eigenvalue weighted by molar-refractivity contribution is -0.117. The molecule has 92 valence electrons. The van der Waals surface area contributed by atoms with Gasteiger partial charge in [-0.1, -0.05) is 6.07 Å². The third kappa shape index (κ3) is 2.10. The van der Waals surface area contributed by atoms with Crippen molar-refractivity contribution < 1.29 is 19.0 Å². The lowest BCUT2D eigenvalue weighted by Crippen LogP contribution is -2.26. The summed E-state index contributed by atoms with van der Waals surface area (Å²) in [6.07, 6.45) is 0.244. The Balaban J connectivity index is 2.37. The van der Waals surface area contributed by atoms with Gasteiger partial charge in [0.15, 0.2) is 5.82 Å². The summed E-state index contributed by atoms with van der Waals surface area (Å²) in [6.45, 7) is 0.256. The van der Waals surface area contributed by atoms with Gasteiger partial charge in [0, 0.05) is 25.5 Å². The van der Waals surface area contributed by atoms with E-state index in [0.717, 1.165) is 0 Å². The standard InChI is InChI=1S/C12H14FNO3/c1-17-10-4-2-3-9(13)12(10)14-6-8(7-15)5-11(14)16/h2-4,8,15H,5-7H2,1H3. The number of amides is 1. The molecule has 1 fully saturated rings. The highest BCUT2D eigenvalue weighted by Gasteiger charge is 2.33. The van der Waals surface area contributed by atoms with E-state index < -0.39 is 5.82 Å². The average Bonchev–Trinajstić information content (AvgIpc) is 2.70. The van der Waals surface area contributed by atoms with Crippen molar-refractivity contribution in [2.75, 3.05) is 25.2 Å². The highest BCUT2D eigenvalue weighted by atomic mass is 19.1. The lowest BCUT2D eigenvalue weighted by atomic mass is 10.1. The summed E-state index contributed by atoms with van der Waals surface area (Å²) in [5.41, 5.74) is 0.163. The SMILES string of the molecule is COc1cccc(F)c1N1CC(CO)CC1=O. The fourth-order valence-electron chi connectivity index (χ4n) is 2.04. The second kappa shape index (κ2) is 4.71. The number of hydrogen-bond acceptors (Lipinski definition) is 3. The molecular formula is C12H14FNO3. The van der Waals surface area contributed by atoms with Crippen molar-refractivity contribution in [2.45, 2.75) is 6.42 Å². The van der Waals surface area contributed by atoms with Crippen molar-refractivity contribution in [3.63, 3.8) is 0 Å². The summed E-state index contributed by atoms with van der Waals surface area (Å²) in [6, 6.07) is 4.43. The van der Waals surface area contributed by atoms with Crippen molar-refractivity contribution in [2.24, 2.45) is 5.92 Å². The van der Waals surface area contributed by atoms with Crippen LogP contribution in [-0.2, 0) is 4.79 Å². The van der Waals surface area contributed by atoms with Gasteiger partial charge >= 0.3 is 0 Å². The van der Waals surface area contributed by atoms with E-state index in [1.807, 2.05) is 0 Å². The van der Waals surface area contributed by atoms with Crippen molar-refractivity contribution in [1.82, 2.24) is 0 Å². The van der Waals surface area contributed by atoms with Crippen molar-refractivity contribution >= 4 is 11.6 Å². The predicted octanol–water partition coefficient (Wildman–Crippen LogP) is 1.18. The number of para-hydroxylation sites is 1. The van der Waals surface area contributed by atoms with E-state index in [1.165, 1.54) is 24.1 Å². The molecule has 5 heteroatoms. The molecule has 1 heterocycles. The maximum absolute atomic E-state index is 13.8. The highest BCUT2D eigenvalue weighted by molar-refractivity contribution is 5.97. The van der Waals surface area contributed by atoms with Crippen LogP contribution in [0.4, 0.5) is 10.1 Å². The Morgan fingerprint density at radius 1 is 1.59 bits per heavy atom. The van der Waals surface area contributed by atoms with E-state index in [2.05, 4.69) is 0 Å². The summed E-state index contributed by atoms with van der Waals surface area (Å²) < 4.78 is 18.8. The van der Waals surface area contributed by atoms with Crippen molar-refractivity contribution in [3.05, 3.63) is 24.0 Å². The fourth-order valence-corrected chi connectivity index (χ4v) is 2.04. The third-order valence-corrected chi connectivity index (χ3v) is 2.90. The molecular weight excluding hydrogens is 225 g/mol. The average molecular weight is 239 g/mol. The number of hydrogen-bond donors (Lipinski definition) is 1. The van der Waals surface area contributed by atoms with E-state index in [9.17, 15) is 9.18 Å². The zero-order valence-corrected chi connectivity index (χ0v) is 9.52. The maximum Gasteiger partial charge on any atom is 0.227 e. The zero-order chi connectivity index (χ0) is 12.4. The minimum Gasteiger partial charge on any atom is -0.494 e. The van der Waals surface area contributed by atoms with Gasteiger partial charge < -0.3 is 14.7 Å².